The summed E-state index contributed by atoms with van der Waals surface area (Å²) in [6, 6.07) is 9.66. The highest BCUT2D eigenvalue weighted by Gasteiger charge is 2.15. The Morgan fingerprint density at radius 2 is 2.26 bits per heavy atom. The van der Waals surface area contributed by atoms with Gasteiger partial charge in [-0.05, 0) is 36.1 Å². The van der Waals surface area contributed by atoms with Gasteiger partial charge in [0, 0.05) is 11.4 Å². The molecule has 1 atom stereocenters. The summed E-state index contributed by atoms with van der Waals surface area (Å²) in [7, 11) is 0. The molecule has 0 saturated heterocycles. The van der Waals surface area contributed by atoms with Gasteiger partial charge in [-0.15, -0.1) is 22.9 Å². The van der Waals surface area contributed by atoms with E-state index in [4.69, 9.17) is 16.0 Å². The molecular formula is C14H12ClNO2S. The second kappa shape index (κ2) is 4.87. The summed E-state index contributed by atoms with van der Waals surface area (Å²) in [6.45, 7) is 2.51. The molecule has 19 heavy (non-hydrogen) atoms. The molecule has 0 aliphatic carbocycles. The van der Waals surface area contributed by atoms with E-state index >= 15 is 0 Å². The summed E-state index contributed by atoms with van der Waals surface area (Å²) in [5, 5.41) is 1.79. The topological polar surface area (TPSA) is 35.1 Å². The van der Waals surface area contributed by atoms with Gasteiger partial charge in [0.1, 0.15) is 0 Å². The van der Waals surface area contributed by atoms with E-state index in [0.717, 1.165) is 16.0 Å². The molecule has 0 amide bonds. The summed E-state index contributed by atoms with van der Waals surface area (Å²) < 4.78 is 6.85. The van der Waals surface area contributed by atoms with Crippen LogP contribution in [0.25, 0.3) is 11.1 Å². The lowest BCUT2D eigenvalue weighted by molar-refractivity contribution is 0.513. The second-order valence-electron chi connectivity index (χ2n) is 4.22. The lowest BCUT2D eigenvalue weighted by Crippen LogP contribution is -2.11. The number of fused-ring (bicyclic) bond motifs is 1. The van der Waals surface area contributed by atoms with Gasteiger partial charge < -0.3 is 4.42 Å². The molecule has 0 aliphatic heterocycles. The van der Waals surface area contributed by atoms with Gasteiger partial charge in [0.25, 0.3) is 0 Å². The van der Waals surface area contributed by atoms with Crippen LogP contribution in [0.1, 0.15) is 22.7 Å². The van der Waals surface area contributed by atoms with Gasteiger partial charge >= 0.3 is 5.76 Å². The number of aryl methyl sites for hydroxylation is 1. The van der Waals surface area contributed by atoms with Gasteiger partial charge in [-0.1, -0.05) is 12.1 Å². The van der Waals surface area contributed by atoms with Gasteiger partial charge in [0.05, 0.1) is 10.9 Å². The van der Waals surface area contributed by atoms with Gasteiger partial charge in [-0.3, -0.25) is 4.57 Å². The Morgan fingerprint density at radius 1 is 1.42 bits per heavy atom. The van der Waals surface area contributed by atoms with Crippen LogP contribution in [-0.2, 0) is 6.54 Å². The predicted molar refractivity (Wildman–Crippen MR) is 78.2 cm³/mol. The number of rotatable bonds is 3. The van der Waals surface area contributed by atoms with Crippen LogP contribution < -0.4 is 5.76 Å². The van der Waals surface area contributed by atoms with Crippen molar-refractivity contribution in [3.05, 3.63) is 56.7 Å². The SMILES string of the molecule is CCn1c(=O)oc2cc(C(Cl)c3cccs3)ccc21. The van der Waals surface area contributed by atoms with Crippen molar-refractivity contribution < 1.29 is 4.42 Å². The molecule has 5 heteroatoms. The Labute approximate surface area is 119 Å². The average molecular weight is 294 g/mol. The summed E-state index contributed by atoms with van der Waals surface area (Å²) in [5.74, 6) is -0.322. The van der Waals surface area contributed by atoms with Crippen molar-refractivity contribution in [2.75, 3.05) is 0 Å². The molecule has 0 N–H and O–H groups in total. The van der Waals surface area contributed by atoms with Gasteiger partial charge in [-0.25, -0.2) is 4.79 Å². The quantitative estimate of drug-likeness (QED) is 0.684. The zero-order valence-electron chi connectivity index (χ0n) is 10.3. The van der Waals surface area contributed by atoms with Crippen LogP contribution in [-0.4, -0.2) is 4.57 Å². The number of oxazole rings is 1. The summed E-state index contributed by atoms with van der Waals surface area (Å²) >= 11 is 8.05. The summed E-state index contributed by atoms with van der Waals surface area (Å²) in [5.41, 5.74) is 2.34. The zero-order valence-corrected chi connectivity index (χ0v) is 11.9. The van der Waals surface area contributed by atoms with Crippen molar-refractivity contribution in [3.8, 4) is 0 Å². The lowest BCUT2D eigenvalue weighted by atomic mass is 10.1. The van der Waals surface area contributed by atoms with Crippen molar-refractivity contribution >= 4 is 34.0 Å². The van der Waals surface area contributed by atoms with E-state index in [1.54, 1.807) is 15.9 Å². The standard InChI is InChI=1S/C14H12ClNO2S/c1-2-16-10-6-5-9(8-11(10)18-14(16)17)13(15)12-4-3-7-19-12/h3-8,13H,2H2,1H3. The molecule has 98 valence electrons. The lowest BCUT2D eigenvalue weighted by Gasteiger charge is -2.07. The third-order valence-corrected chi connectivity index (χ3v) is 4.65. The number of hydrogen-bond acceptors (Lipinski definition) is 3. The third kappa shape index (κ3) is 2.11. The number of benzene rings is 1. The fourth-order valence-electron chi connectivity index (χ4n) is 2.14. The third-order valence-electron chi connectivity index (χ3n) is 3.09. The van der Waals surface area contributed by atoms with Crippen molar-refractivity contribution in [3.63, 3.8) is 0 Å². The van der Waals surface area contributed by atoms with Crippen LogP contribution in [0.3, 0.4) is 0 Å². The van der Waals surface area contributed by atoms with Crippen molar-refractivity contribution in [2.24, 2.45) is 0 Å². The Bertz CT molecular complexity index is 757. The van der Waals surface area contributed by atoms with Crippen molar-refractivity contribution in [2.45, 2.75) is 18.8 Å². The Balaban J connectivity index is 2.10. The summed E-state index contributed by atoms with van der Waals surface area (Å²) in [6.07, 6.45) is 0. The normalized spacial score (nSPS) is 12.9. The molecular weight excluding hydrogens is 282 g/mol. The number of halogens is 1. The Hall–Kier alpha value is -1.52. The Morgan fingerprint density at radius 3 is 2.95 bits per heavy atom. The number of alkyl halides is 1. The maximum Gasteiger partial charge on any atom is 0.419 e. The molecule has 0 fully saturated rings. The van der Waals surface area contributed by atoms with Crippen LogP contribution in [0.15, 0.2) is 44.9 Å². The minimum absolute atomic E-state index is 0.209. The molecule has 0 saturated carbocycles. The molecule has 0 bridgehead atoms. The highest BCUT2D eigenvalue weighted by molar-refractivity contribution is 7.10. The summed E-state index contributed by atoms with van der Waals surface area (Å²) in [4.78, 5) is 12.7. The maximum atomic E-state index is 11.6. The largest absolute Gasteiger partial charge is 0.419 e. The Kier molecular flexibility index (Phi) is 3.21. The van der Waals surface area contributed by atoms with Crippen molar-refractivity contribution in [1.82, 2.24) is 4.57 Å². The maximum absolute atomic E-state index is 11.6. The first-order chi connectivity index (χ1) is 9.20. The number of thiophene rings is 1. The monoisotopic (exact) mass is 293 g/mol. The van der Waals surface area contributed by atoms with E-state index < -0.39 is 0 Å². The van der Waals surface area contributed by atoms with Gasteiger partial charge in [0.15, 0.2) is 5.58 Å². The first-order valence-electron chi connectivity index (χ1n) is 6.01. The van der Waals surface area contributed by atoms with E-state index in [-0.39, 0.29) is 11.1 Å². The van der Waals surface area contributed by atoms with Crippen LogP contribution in [0.2, 0.25) is 0 Å². The average Bonchev–Trinajstić information content (AvgIpc) is 3.03. The predicted octanol–water partition coefficient (Wildman–Crippen LogP) is 4.00. The second-order valence-corrected chi connectivity index (χ2v) is 5.63. The minimum atomic E-state index is -0.322. The first-order valence-corrected chi connectivity index (χ1v) is 7.33. The molecule has 3 rings (SSSR count). The number of aromatic nitrogens is 1. The van der Waals surface area contributed by atoms with Crippen LogP contribution in [0.4, 0.5) is 0 Å². The molecule has 0 spiro atoms. The van der Waals surface area contributed by atoms with Crippen molar-refractivity contribution in [1.29, 1.82) is 0 Å². The van der Waals surface area contributed by atoms with E-state index in [9.17, 15) is 4.79 Å². The minimum Gasteiger partial charge on any atom is -0.408 e. The van der Waals surface area contributed by atoms with E-state index in [0.29, 0.717) is 12.1 Å². The van der Waals surface area contributed by atoms with E-state index in [2.05, 4.69) is 0 Å². The van der Waals surface area contributed by atoms with Gasteiger partial charge in [-0.2, -0.15) is 0 Å². The smallest absolute Gasteiger partial charge is 0.408 e. The number of hydrogen-bond donors (Lipinski definition) is 0. The highest BCUT2D eigenvalue weighted by atomic mass is 35.5. The molecule has 2 heterocycles. The van der Waals surface area contributed by atoms with Crippen LogP contribution in [0.5, 0.6) is 0 Å². The molecule has 0 aliphatic rings. The first kappa shape index (κ1) is 12.5. The number of nitrogens with zero attached hydrogens (tertiary/aromatic N) is 1. The van der Waals surface area contributed by atoms with Crippen LogP contribution >= 0.6 is 22.9 Å². The van der Waals surface area contributed by atoms with Crippen LogP contribution in [0, 0.1) is 0 Å². The molecule has 1 aromatic carbocycles. The molecule has 1 unspecified atom stereocenters. The molecule has 0 radical (unpaired) electrons. The fourth-order valence-corrected chi connectivity index (χ4v) is 3.23. The molecule has 3 aromatic rings. The zero-order chi connectivity index (χ0) is 13.4. The highest BCUT2D eigenvalue weighted by Crippen LogP contribution is 2.33. The van der Waals surface area contributed by atoms with E-state index in [1.807, 2.05) is 42.6 Å². The van der Waals surface area contributed by atoms with E-state index in [1.165, 1.54) is 0 Å². The fraction of sp³-hybridized carbons (Fsp3) is 0.214. The van der Waals surface area contributed by atoms with Gasteiger partial charge in [0.2, 0.25) is 0 Å². The molecule has 2 aromatic heterocycles. The molecule has 3 nitrogen and oxygen atoms in total.